The van der Waals surface area contributed by atoms with Crippen molar-refractivity contribution in [2.24, 2.45) is 0 Å². The highest BCUT2D eigenvalue weighted by Crippen LogP contribution is 2.00. The minimum atomic E-state index is 0.683. The molecule has 1 aliphatic rings. The van der Waals surface area contributed by atoms with E-state index in [0.717, 1.165) is 13.1 Å². The largest absolute Gasteiger partial charge is 0.315 e. The van der Waals surface area contributed by atoms with Crippen LogP contribution in [0.15, 0.2) is 0 Å². The Kier molecular flexibility index (Phi) is 5.45. The average Bonchev–Trinajstić information content (AvgIpc) is 2.15. The van der Waals surface area contributed by atoms with E-state index in [0.29, 0.717) is 6.04 Å². The lowest BCUT2D eigenvalue weighted by Crippen LogP contribution is -2.42. The molecule has 1 saturated heterocycles. The molecule has 1 aliphatic heterocycles. The molecule has 0 bridgehead atoms. The van der Waals surface area contributed by atoms with Gasteiger partial charge in [0.25, 0.3) is 0 Å². The molecule has 0 unspecified atom stereocenters. The summed E-state index contributed by atoms with van der Waals surface area (Å²) >= 11 is 0. The van der Waals surface area contributed by atoms with Crippen LogP contribution in [0.25, 0.3) is 0 Å². The van der Waals surface area contributed by atoms with Crippen LogP contribution < -0.4 is 5.32 Å². The van der Waals surface area contributed by atoms with Gasteiger partial charge in [0.1, 0.15) is 0 Å². The zero-order valence-electron chi connectivity index (χ0n) is 9.92. The van der Waals surface area contributed by atoms with Crippen LogP contribution in [-0.2, 0) is 0 Å². The van der Waals surface area contributed by atoms with Crippen molar-refractivity contribution < 1.29 is 0 Å². The van der Waals surface area contributed by atoms with Crippen LogP contribution in [0.3, 0.4) is 0 Å². The van der Waals surface area contributed by atoms with Crippen LogP contribution in [0.5, 0.6) is 0 Å². The van der Waals surface area contributed by atoms with Crippen molar-refractivity contribution in [3.8, 4) is 0 Å². The molecule has 0 aromatic rings. The molecule has 84 valence electrons. The summed E-state index contributed by atoms with van der Waals surface area (Å²) in [5, 5.41) is 3.48. The lowest BCUT2D eigenvalue weighted by Gasteiger charge is -2.30. The summed E-state index contributed by atoms with van der Waals surface area (Å²) in [6, 6.07) is 0.683. The van der Waals surface area contributed by atoms with E-state index in [-0.39, 0.29) is 0 Å². The first-order valence-corrected chi connectivity index (χ1v) is 5.83. The third-order valence-electron chi connectivity index (χ3n) is 2.97. The fourth-order valence-corrected chi connectivity index (χ4v) is 1.84. The van der Waals surface area contributed by atoms with E-state index < -0.39 is 0 Å². The first-order valence-electron chi connectivity index (χ1n) is 5.83. The SMILES string of the molecule is CC(C)N1CCCNCCN(C)CC1. The van der Waals surface area contributed by atoms with Crippen LogP contribution in [0.1, 0.15) is 20.3 Å². The molecule has 3 heteroatoms. The van der Waals surface area contributed by atoms with Gasteiger partial charge in [-0.2, -0.15) is 0 Å². The molecule has 0 spiro atoms. The van der Waals surface area contributed by atoms with E-state index in [4.69, 9.17) is 0 Å². The van der Waals surface area contributed by atoms with Crippen LogP contribution in [0, 0.1) is 0 Å². The van der Waals surface area contributed by atoms with E-state index in [2.05, 4.69) is 36.0 Å². The second kappa shape index (κ2) is 6.38. The molecule has 0 amide bonds. The fourth-order valence-electron chi connectivity index (χ4n) is 1.84. The minimum Gasteiger partial charge on any atom is -0.315 e. The molecule has 0 aromatic heterocycles. The molecular weight excluding hydrogens is 174 g/mol. The second-order valence-corrected chi connectivity index (χ2v) is 4.54. The smallest absolute Gasteiger partial charge is 0.0112 e. The average molecular weight is 199 g/mol. The summed E-state index contributed by atoms with van der Waals surface area (Å²) < 4.78 is 0. The number of hydrogen-bond donors (Lipinski definition) is 1. The first kappa shape index (κ1) is 12.0. The summed E-state index contributed by atoms with van der Waals surface area (Å²) in [6.07, 6.45) is 1.28. The Balaban J connectivity index is 2.36. The molecule has 0 radical (unpaired) electrons. The molecule has 1 rings (SSSR count). The maximum atomic E-state index is 3.48. The Morgan fingerprint density at radius 3 is 2.50 bits per heavy atom. The lowest BCUT2D eigenvalue weighted by atomic mass is 10.2. The van der Waals surface area contributed by atoms with Crippen LogP contribution in [-0.4, -0.2) is 62.2 Å². The van der Waals surface area contributed by atoms with Crippen molar-refractivity contribution >= 4 is 0 Å². The highest BCUT2D eigenvalue weighted by Gasteiger charge is 2.10. The molecule has 1 fully saturated rings. The van der Waals surface area contributed by atoms with Crippen molar-refractivity contribution in [3.63, 3.8) is 0 Å². The van der Waals surface area contributed by atoms with E-state index >= 15 is 0 Å². The minimum absolute atomic E-state index is 0.683. The Morgan fingerprint density at radius 2 is 1.79 bits per heavy atom. The van der Waals surface area contributed by atoms with Gasteiger partial charge in [-0.05, 0) is 40.4 Å². The van der Waals surface area contributed by atoms with E-state index in [1.54, 1.807) is 0 Å². The molecular formula is C11H25N3. The van der Waals surface area contributed by atoms with Crippen molar-refractivity contribution in [1.82, 2.24) is 15.1 Å². The second-order valence-electron chi connectivity index (χ2n) is 4.54. The zero-order valence-corrected chi connectivity index (χ0v) is 9.92. The monoisotopic (exact) mass is 199 g/mol. The van der Waals surface area contributed by atoms with Gasteiger partial charge < -0.3 is 10.2 Å². The summed E-state index contributed by atoms with van der Waals surface area (Å²) in [7, 11) is 2.21. The molecule has 0 aliphatic carbocycles. The molecule has 0 aromatic carbocycles. The molecule has 14 heavy (non-hydrogen) atoms. The van der Waals surface area contributed by atoms with Crippen molar-refractivity contribution in [2.45, 2.75) is 26.3 Å². The Hall–Kier alpha value is -0.120. The summed E-state index contributed by atoms with van der Waals surface area (Å²) in [5.74, 6) is 0. The van der Waals surface area contributed by atoms with Gasteiger partial charge in [0.15, 0.2) is 0 Å². The highest BCUT2D eigenvalue weighted by molar-refractivity contribution is 4.68. The molecule has 3 nitrogen and oxygen atoms in total. The Labute approximate surface area is 88.5 Å². The number of nitrogens with one attached hydrogen (secondary N) is 1. The van der Waals surface area contributed by atoms with Gasteiger partial charge in [0.05, 0.1) is 0 Å². The van der Waals surface area contributed by atoms with Crippen LogP contribution in [0.2, 0.25) is 0 Å². The van der Waals surface area contributed by atoms with Crippen molar-refractivity contribution in [2.75, 3.05) is 46.3 Å². The molecule has 1 N–H and O–H groups in total. The van der Waals surface area contributed by atoms with Gasteiger partial charge in [-0.25, -0.2) is 0 Å². The first-order chi connectivity index (χ1) is 6.70. The highest BCUT2D eigenvalue weighted by atomic mass is 15.2. The maximum absolute atomic E-state index is 3.48. The van der Waals surface area contributed by atoms with Gasteiger partial charge in [0, 0.05) is 32.2 Å². The normalized spacial score (nSPS) is 24.0. The van der Waals surface area contributed by atoms with Gasteiger partial charge >= 0.3 is 0 Å². The van der Waals surface area contributed by atoms with E-state index in [1.807, 2.05) is 0 Å². The number of rotatable bonds is 1. The number of hydrogen-bond acceptors (Lipinski definition) is 3. The summed E-state index contributed by atoms with van der Waals surface area (Å²) in [4.78, 5) is 4.98. The number of likely N-dealkylation sites (N-methyl/N-ethyl adjacent to an activating group) is 1. The molecule has 0 saturated carbocycles. The quantitative estimate of drug-likeness (QED) is 0.668. The topological polar surface area (TPSA) is 18.5 Å². The van der Waals surface area contributed by atoms with Gasteiger partial charge in [-0.15, -0.1) is 0 Å². The molecule has 0 atom stereocenters. The zero-order chi connectivity index (χ0) is 10.4. The van der Waals surface area contributed by atoms with Crippen LogP contribution >= 0.6 is 0 Å². The van der Waals surface area contributed by atoms with Crippen LogP contribution in [0.4, 0.5) is 0 Å². The standard InChI is InChI=1S/C11H25N3/c1-11(2)14-7-4-5-12-6-8-13(3)9-10-14/h11-12H,4-10H2,1-3H3. The predicted molar refractivity (Wildman–Crippen MR) is 61.7 cm³/mol. The van der Waals surface area contributed by atoms with Crippen molar-refractivity contribution in [3.05, 3.63) is 0 Å². The van der Waals surface area contributed by atoms with Gasteiger partial charge in [-0.3, -0.25) is 4.90 Å². The maximum Gasteiger partial charge on any atom is 0.0112 e. The summed E-state index contributed by atoms with van der Waals surface area (Å²) in [6.45, 7) is 11.7. The van der Waals surface area contributed by atoms with Crippen molar-refractivity contribution in [1.29, 1.82) is 0 Å². The summed E-state index contributed by atoms with van der Waals surface area (Å²) in [5.41, 5.74) is 0. The van der Waals surface area contributed by atoms with E-state index in [1.165, 1.54) is 32.6 Å². The van der Waals surface area contributed by atoms with Gasteiger partial charge in [0.2, 0.25) is 0 Å². The Bertz CT molecular complexity index is 147. The molecule has 1 heterocycles. The third kappa shape index (κ3) is 4.40. The predicted octanol–water partition coefficient (Wildman–Crippen LogP) is 0.622. The van der Waals surface area contributed by atoms with E-state index in [9.17, 15) is 0 Å². The lowest BCUT2D eigenvalue weighted by molar-refractivity contribution is 0.180. The van der Waals surface area contributed by atoms with Gasteiger partial charge in [-0.1, -0.05) is 0 Å². The fraction of sp³-hybridized carbons (Fsp3) is 1.00. The Morgan fingerprint density at radius 1 is 1.00 bits per heavy atom. The number of nitrogens with zero attached hydrogens (tertiary/aromatic N) is 2. The third-order valence-corrected chi connectivity index (χ3v) is 2.97.